The van der Waals surface area contributed by atoms with Crippen molar-refractivity contribution in [2.24, 2.45) is 5.92 Å². The molecular formula is C21H21N3O3. The Labute approximate surface area is 157 Å². The molecule has 6 nitrogen and oxygen atoms in total. The van der Waals surface area contributed by atoms with Crippen LogP contribution in [0.25, 0.3) is 5.65 Å². The molecule has 6 heteroatoms. The summed E-state index contributed by atoms with van der Waals surface area (Å²) < 4.78 is 6.81. The van der Waals surface area contributed by atoms with Gasteiger partial charge in [-0.3, -0.25) is 4.79 Å². The van der Waals surface area contributed by atoms with Gasteiger partial charge >= 0.3 is 5.97 Å². The minimum absolute atomic E-state index is 0.0373. The number of pyridine rings is 1. The maximum absolute atomic E-state index is 12.8. The summed E-state index contributed by atoms with van der Waals surface area (Å²) in [6.07, 6.45) is 4.23. The summed E-state index contributed by atoms with van der Waals surface area (Å²) in [5.41, 5.74) is 5.31. The Hall–Kier alpha value is -3.15. The van der Waals surface area contributed by atoms with Gasteiger partial charge in [-0.05, 0) is 55.7 Å². The number of nitrogens with one attached hydrogen (secondary N) is 1. The van der Waals surface area contributed by atoms with Crippen LogP contribution in [0.5, 0.6) is 0 Å². The molecule has 0 spiro atoms. The van der Waals surface area contributed by atoms with Gasteiger partial charge in [-0.2, -0.15) is 0 Å². The monoisotopic (exact) mass is 363 g/mol. The van der Waals surface area contributed by atoms with Crippen molar-refractivity contribution in [2.45, 2.75) is 26.2 Å². The molecule has 2 aromatic heterocycles. The first-order valence-corrected chi connectivity index (χ1v) is 9.01. The molecule has 1 aliphatic rings. The summed E-state index contributed by atoms with van der Waals surface area (Å²) in [6.45, 7) is 2.05. The highest BCUT2D eigenvalue weighted by Crippen LogP contribution is 2.27. The minimum atomic E-state index is -0.422. The Morgan fingerprint density at radius 3 is 2.93 bits per heavy atom. The number of hydrogen-bond donors (Lipinski definition) is 1. The highest BCUT2D eigenvalue weighted by atomic mass is 16.5. The second-order valence-electron chi connectivity index (χ2n) is 6.94. The van der Waals surface area contributed by atoms with Crippen molar-refractivity contribution in [1.82, 2.24) is 9.38 Å². The van der Waals surface area contributed by atoms with E-state index in [4.69, 9.17) is 9.72 Å². The quantitative estimate of drug-likeness (QED) is 0.726. The number of carbonyl (C=O) groups is 2. The van der Waals surface area contributed by atoms with Crippen LogP contribution in [0.15, 0.2) is 42.6 Å². The van der Waals surface area contributed by atoms with Crippen molar-refractivity contribution in [3.8, 4) is 0 Å². The molecule has 0 bridgehead atoms. The van der Waals surface area contributed by atoms with Gasteiger partial charge in [0.25, 0.3) is 0 Å². The molecular weight excluding hydrogens is 342 g/mol. The number of esters is 1. The number of fused-ring (bicyclic) bond motifs is 3. The normalized spacial score (nSPS) is 16.0. The van der Waals surface area contributed by atoms with E-state index >= 15 is 0 Å². The molecule has 0 aliphatic heterocycles. The van der Waals surface area contributed by atoms with Crippen LogP contribution in [0.4, 0.5) is 5.69 Å². The first-order chi connectivity index (χ1) is 13.0. The van der Waals surface area contributed by atoms with Crippen LogP contribution in [-0.4, -0.2) is 28.4 Å². The third-order valence-corrected chi connectivity index (χ3v) is 5.05. The smallest absolute Gasteiger partial charge is 0.337 e. The molecule has 27 heavy (non-hydrogen) atoms. The second kappa shape index (κ2) is 6.87. The Bertz CT molecular complexity index is 1040. The maximum atomic E-state index is 12.8. The van der Waals surface area contributed by atoms with Gasteiger partial charge in [-0.25, -0.2) is 9.78 Å². The van der Waals surface area contributed by atoms with Crippen LogP contribution < -0.4 is 5.32 Å². The fraction of sp³-hybridized carbons (Fsp3) is 0.286. The Kier molecular flexibility index (Phi) is 4.39. The largest absolute Gasteiger partial charge is 0.465 e. The van der Waals surface area contributed by atoms with Crippen LogP contribution in [-0.2, 0) is 22.4 Å². The first kappa shape index (κ1) is 17.3. The fourth-order valence-electron chi connectivity index (χ4n) is 3.62. The summed E-state index contributed by atoms with van der Waals surface area (Å²) in [5, 5.41) is 2.93. The van der Waals surface area contributed by atoms with Gasteiger partial charge in [0.05, 0.1) is 18.4 Å². The van der Waals surface area contributed by atoms with Gasteiger partial charge in [0.1, 0.15) is 5.65 Å². The number of rotatable bonds is 3. The number of ether oxygens (including phenoxy) is 1. The Balaban J connectivity index is 1.53. The van der Waals surface area contributed by atoms with Crippen LogP contribution in [0.1, 0.15) is 33.7 Å². The highest BCUT2D eigenvalue weighted by Gasteiger charge is 2.28. The topological polar surface area (TPSA) is 72.7 Å². The van der Waals surface area contributed by atoms with Gasteiger partial charge < -0.3 is 14.5 Å². The predicted octanol–water partition coefficient (Wildman–Crippen LogP) is 3.17. The summed E-state index contributed by atoms with van der Waals surface area (Å²) in [7, 11) is 1.34. The van der Waals surface area contributed by atoms with E-state index in [1.807, 2.05) is 13.1 Å². The maximum Gasteiger partial charge on any atom is 0.337 e. The third kappa shape index (κ3) is 3.30. The minimum Gasteiger partial charge on any atom is -0.465 e. The molecule has 1 unspecified atom stereocenters. The molecule has 0 saturated heterocycles. The highest BCUT2D eigenvalue weighted by molar-refractivity contribution is 5.95. The van der Waals surface area contributed by atoms with Crippen molar-refractivity contribution in [3.05, 3.63) is 65.1 Å². The number of hydrogen-bond acceptors (Lipinski definition) is 4. The second-order valence-corrected chi connectivity index (χ2v) is 6.94. The van der Waals surface area contributed by atoms with E-state index < -0.39 is 5.97 Å². The lowest BCUT2D eigenvalue weighted by Crippen LogP contribution is -2.28. The number of aryl methyl sites for hydroxylation is 2. The van der Waals surface area contributed by atoms with Crippen molar-refractivity contribution < 1.29 is 14.3 Å². The van der Waals surface area contributed by atoms with E-state index in [-0.39, 0.29) is 11.8 Å². The summed E-state index contributed by atoms with van der Waals surface area (Å²) >= 11 is 0. The van der Waals surface area contributed by atoms with E-state index in [9.17, 15) is 9.59 Å². The number of amides is 1. The Morgan fingerprint density at radius 1 is 1.26 bits per heavy atom. The lowest BCUT2D eigenvalue weighted by Gasteiger charge is -2.21. The zero-order valence-electron chi connectivity index (χ0n) is 15.4. The molecule has 1 aromatic carbocycles. The zero-order valence-corrected chi connectivity index (χ0v) is 15.4. The molecule has 1 amide bonds. The average molecular weight is 363 g/mol. The molecule has 0 radical (unpaired) electrons. The van der Waals surface area contributed by atoms with Gasteiger partial charge in [0.15, 0.2) is 0 Å². The first-order valence-electron chi connectivity index (χ1n) is 9.01. The van der Waals surface area contributed by atoms with Gasteiger partial charge in [0.2, 0.25) is 5.91 Å². The van der Waals surface area contributed by atoms with E-state index in [2.05, 4.69) is 21.9 Å². The number of benzene rings is 1. The molecule has 138 valence electrons. The van der Waals surface area contributed by atoms with Gasteiger partial charge in [-0.15, -0.1) is 0 Å². The average Bonchev–Trinajstić information content (AvgIpc) is 3.04. The van der Waals surface area contributed by atoms with E-state index in [1.54, 1.807) is 24.3 Å². The lowest BCUT2D eigenvalue weighted by atomic mass is 9.89. The summed E-state index contributed by atoms with van der Waals surface area (Å²) in [5.74, 6) is -0.584. The molecule has 0 fully saturated rings. The Morgan fingerprint density at radius 2 is 2.11 bits per heavy atom. The van der Waals surface area contributed by atoms with E-state index in [0.717, 1.165) is 29.9 Å². The predicted molar refractivity (Wildman–Crippen MR) is 102 cm³/mol. The van der Waals surface area contributed by atoms with E-state index in [0.29, 0.717) is 17.7 Å². The van der Waals surface area contributed by atoms with E-state index in [1.165, 1.54) is 12.7 Å². The van der Waals surface area contributed by atoms with Crippen molar-refractivity contribution in [3.63, 3.8) is 0 Å². The van der Waals surface area contributed by atoms with Crippen molar-refractivity contribution >= 4 is 23.2 Å². The van der Waals surface area contributed by atoms with Crippen LogP contribution in [0, 0.1) is 12.8 Å². The number of carbonyl (C=O) groups excluding carboxylic acids is 2. The number of imidazole rings is 1. The summed E-state index contributed by atoms with van der Waals surface area (Å²) in [4.78, 5) is 29.2. The third-order valence-electron chi connectivity index (χ3n) is 5.05. The molecule has 0 saturated carbocycles. The lowest BCUT2D eigenvalue weighted by molar-refractivity contribution is -0.120. The zero-order chi connectivity index (χ0) is 19.0. The fourth-order valence-corrected chi connectivity index (χ4v) is 3.62. The van der Waals surface area contributed by atoms with Gasteiger partial charge in [0, 0.05) is 29.9 Å². The molecule has 4 rings (SSSR count). The van der Waals surface area contributed by atoms with Crippen LogP contribution in [0.3, 0.4) is 0 Å². The number of aromatic nitrogens is 2. The van der Waals surface area contributed by atoms with Gasteiger partial charge in [-0.1, -0.05) is 6.07 Å². The molecule has 1 N–H and O–H groups in total. The number of anilines is 1. The van der Waals surface area contributed by atoms with Crippen LogP contribution in [0.2, 0.25) is 0 Å². The SMILES string of the molecule is COC(=O)c1cccc(NC(=O)C2CCc3nc4cc(C)ccn4c3C2)c1. The summed E-state index contributed by atoms with van der Waals surface area (Å²) in [6, 6.07) is 10.9. The van der Waals surface area contributed by atoms with Crippen molar-refractivity contribution in [1.29, 1.82) is 0 Å². The number of nitrogens with zero attached hydrogens (tertiary/aromatic N) is 2. The van der Waals surface area contributed by atoms with Crippen LogP contribution >= 0.6 is 0 Å². The van der Waals surface area contributed by atoms with Crippen molar-refractivity contribution in [2.75, 3.05) is 12.4 Å². The number of methoxy groups -OCH3 is 1. The molecule has 1 atom stereocenters. The standard InChI is InChI=1S/C21H21N3O3/c1-13-8-9-24-18-12-14(6-7-17(18)23-19(24)10-13)20(25)22-16-5-3-4-15(11-16)21(26)27-2/h3-5,8-11,14H,6-7,12H2,1-2H3,(H,22,25). The molecule has 2 heterocycles. The molecule has 3 aromatic rings. The molecule has 1 aliphatic carbocycles.